The molecule has 1 saturated heterocycles. The van der Waals surface area contributed by atoms with E-state index in [0.29, 0.717) is 5.92 Å². The minimum absolute atomic E-state index is 0.116. The van der Waals surface area contributed by atoms with Crippen LogP contribution in [0.15, 0.2) is 24.3 Å². The van der Waals surface area contributed by atoms with Gasteiger partial charge in [-0.25, -0.2) is 0 Å². The molecule has 1 N–H and O–H groups in total. The van der Waals surface area contributed by atoms with Crippen molar-refractivity contribution in [2.45, 2.75) is 5.92 Å². The Morgan fingerprint density at radius 2 is 1.94 bits per heavy atom. The van der Waals surface area contributed by atoms with E-state index in [1.54, 1.807) is 0 Å². The number of nitrogens with zero attached hydrogens (tertiary/aromatic N) is 2. The molecule has 0 radical (unpaired) electrons. The molecule has 1 aromatic carbocycles. The Morgan fingerprint density at radius 3 is 2.50 bits per heavy atom. The highest BCUT2D eigenvalue weighted by Gasteiger charge is 2.27. The van der Waals surface area contributed by atoms with E-state index >= 15 is 0 Å². The Bertz CT molecular complexity index is 389. The van der Waals surface area contributed by atoms with Crippen molar-refractivity contribution in [3.05, 3.63) is 29.8 Å². The van der Waals surface area contributed by atoms with Crippen molar-refractivity contribution in [1.29, 1.82) is 5.26 Å². The van der Waals surface area contributed by atoms with E-state index in [1.807, 2.05) is 14.1 Å². The SMILES string of the molecule is CN(C)c1ccc(C2CNCC2C#N)cc1. The number of anilines is 1. The van der Waals surface area contributed by atoms with Crippen LogP contribution in [0.2, 0.25) is 0 Å². The molecule has 2 atom stereocenters. The number of benzene rings is 1. The first-order valence-electron chi connectivity index (χ1n) is 5.60. The van der Waals surface area contributed by atoms with Gasteiger partial charge in [0.15, 0.2) is 0 Å². The number of rotatable bonds is 2. The van der Waals surface area contributed by atoms with Gasteiger partial charge in [-0.3, -0.25) is 0 Å². The van der Waals surface area contributed by atoms with Crippen LogP contribution in [0.1, 0.15) is 11.5 Å². The van der Waals surface area contributed by atoms with Crippen molar-refractivity contribution < 1.29 is 0 Å². The Hall–Kier alpha value is -1.53. The summed E-state index contributed by atoms with van der Waals surface area (Å²) >= 11 is 0. The molecule has 0 saturated carbocycles. The summed E-state index contributed by atoms with van der Waals surface area (Å²) in [4.78, 5) is 2.08. The monoisotopic (exact) mass is 215 g/mol. The van der Waals surface area contributed by atoms with Gasteiger partial charge in [-0.1, -0.05) is 12.1 Å². The van der Waals surface area contributed by atoms with E-state index in [2.05, 4.69) is 40.6 Å². The summed E-state index contributed by atoms with van der Waals surface area (Å²) in [7, 11) is 4.06. The normalized spacial score (nSPS) is 24.1. The lowest BCUT2D eigenvalue weighted by Crippen LogP contribution is -2.11. The van der Waals surface area contributed by atoms with Crippen molar-refractivity contribution in [3.63, 3.8) is 0 Å². The fraction of sp³-hybridized carbons (Fsp3) is 0.462. The topological polar surface area (TPSA) is 39.1 Å². The molecule has 2 rings (SSSR count). The van der Waals surface area contributed by atoms with Gasteiger partial charge in [-0.15, -0.1) is 0 Å². The summed E-state index contributed by atoms with van der Waals surface area (Å²) in [5.74, 6) is 0.464. The predicted molar refractivity (Wildman–Crippen MR) is 65.5 cm³/mol. The molecule has 16 heavy (non-hydrogen) atoms. The van der Waals surface area contributed by atoms with E-state index in [1.165, 1.54) is 11.3 Å². The van der Waals surface area contributed by atoms with E-state index in [-0.39, 0.29) is 5.92 Å². The first-order valence-corrected chi connectivity index (χ1v) is 5.60. The van der Waals surface area contributed by atoms with Crippen LogP contribution in [-0.4, -0.2) is 27.2 Å². The second-order valence-electron chi connectivity index (χ2n) is 4.49. The van der Waals surface area contributed by atoms with E-state index < -0.39 is 0 Å². The number of hydrogen-bond donors (Lipinski definition) is 1. The molecular formula is C13H17N3. The van der Waals surface area contributed by atoms with Crippen LogP contribution in [0, 0.1) is 17.2 Å². The van der Waals surface area contributed by atoms with Crippen molar-refractivity contribution in [2.75, 3.05) is 32.1 Å². The molecule has 3 heteroatoms. The van der Waals surface area contributed by atoms with E-state index in [9.17, 15) is 0 Å². The third kappa shape index (κ3) is 2.02. The lowest BCUT2D eigenvalue weighted by molar-refractivity contribution is 0.646. The van der Waals surface area contributed by atoms with Crippen molar-refractivity contribution in [1.82, 2.24) is 5.32 Å². The van der Waals surface area contributed by atoms with Gasteiger partial charge >= 0.3 is 0 Å². The first-order chi connectivity index (χ1) is 7.72. The molecule has 1 aliphatic heterocycles. The van der Waals surface area contributed by atoms with E-state index in [0.717, 1.165) is 13.1 Å². The Labute approximate surface area is 96.7 Å². The fourth-order valence-electron chi connectivity index (χ4n) is 2.18. The molecule has 0 aromatic heterocycles. The molecule has 0 aliphatic carbocycles. The van der Waals surface area contributed by atoms with Crippen LogP contribution in [0.4, 0.5) is 5.69 Å². The first kappa shape index (κ1) is 11.0. The Kier molecular flexibility index (Phi) is 3.12. The number of nitrogens with one attached hydrogen (secondary N) is 1. The molecule has 84 valence electrons. The van der Waals surface area contributed by atoms with Crippen LogP contribution in [0.25, 0.3) is 0 Å². The third-order valence-electron chi connectivity index (χ3n) is 3.22. The Balaban J connectivity index is 2.19. The quantitative estimate of drug-likeness (QED) is 0.814. The standard InChI is InChI=1S/C13H17N3/c1-16(2)12-5-3-10(4-6-12)13-9-15-8-11(13)7-14/h3-6,11,13,15H,8-9H2,1-2H3. The zero-order chi connectivity index (χ0) is 11.5. The van der Waals surface area contributed by atoms with Gasteiger partial charge in [0.1, 0.15) is 0 Å². The van der Waals surface area contributed by atoms with Crippen molar-refractivity contribution in [2.24, 2.45) is 5.92 Å². The van der Waals surface area contributed by atoms with Crippen molar-refractivity contribution >= 4 is 5.69 Å². The summed E-state index contributed by atoms with van der Waals surface area (Å²) in [6.45, 7) is 1.73. The van der Waals surface area contributed by atoms with Crippen LogP contribution < -0.4 is 10.2 Å². The molecule has 0 spiro atoms. The summed E-state index contributed by atoms with van der Waals surface area (Å²) in [5.41, 5.74) is 2.46. The Morgan fingerprint density at radius 1 is 1.25 bits per heavy atom. The minimum Gasteiger partial charge on any atom is -0.378 e. The lowest BCUT2D eigenvalue weighted by Gasteiger charge is -2.16. The highest BCUT2D eigenvalue weighted by molar-refractivity contribution is 5.47. The van der Waals surface area contributed by atoms with Gasteiger partial charge in [-0.2, -0.15) is 5.26 Å². The van der Waals surface area contributed by atoms with Crippen molar-refractivity contribution in [3.8, 4) is 6.07 Å². The second kappa shape index (κ2) is 4.54. The van der Waals surface area contributed by atoms with Crippen LogP contribution in [0.5, 0.6) is 0 Å². The largest absolute Gasteiger partial charge is 0.378 e. The fourth-order valence-corrected chi connectivity index (χ4v) is 2.18. The molecule has 0 amide bonds. The second-order valence-corrected chi connectivity index (χ2v) is 4.49. The van der Waals surface area contributed by atoms with Crippen LogP contribution >= 0.6 is 0 Å². The van der Waals surface area contributed by atoms with Crippen LogP contribution in [0.3, 0.4) is 0 Å². The summed E-state index contributed by atoms with van der Waals surface area (Å²) in [6, 6.07) is 10.9. The lowest BCUT2D eigenvalue weighted by atomic mass is 9.90. The highest BCUT2D eigenvalue weighted by atomic mass is 15.1. The van der Waals surface area contributed by atoms with E-state index in [4.69, 9.17) is 5.26 Å². The average molecular weight is 215 g/mol. The van der Waals surface area contributed by atoms with Gasteiger partial charge in [0, 0.05) is 38.8 Å². The number of hydrogen-bond acceptors (Lipinski definition) is 3. The summed E-state index contributed by atoms with van der Waals surface area (Å²) < 4.78 is 0. The summed E-state index contributed by atoms with van der Waals surface area (Å²) in [5, 5.41) is 12.3. The zero-order valence-corrected chi connectivity index (χ0v) is 9.77. The maximum absolute atomic E-state index is 9.04. The number of nitriles is 1. The summed E-state index contributed by atoms with van der Waals surface area (Å²) in [6.07, 6.45) is 0. The van der Waals surface area contributed by atoms with Gasteiger partial charge in [0.2, 0.25) is 0 Å². The average Bonchev–Trinajstić information content (AvgIpc) is 2.77. The van der Waals surface area contributed by atoms with Gasteiger partial charge < -0.3 is 10.2 Å². The molecule has 1 fully saturated rings. The van der Waals surface area contributed by atoms with Crippen LogP contribution in [-0.2, 0) is 0 Å². The molecule has 1 aromatic rings. The maximum atomic E-state index is 9.04. The van der Waals surface area contributed by atoms with Gasteiger partial charge in [0.25, 0.3) is 0 Å². The third-order valence-corrected chi connectivity index (χ3v) is 3.22. The minimum atomic E-state index is 0.116. The molecule has 1 heterocycles. The predicted octanol–water partition coefficient (Wildman–Crippen LogP) is 1.58. The highest BCUT2D eigenvalue weighted by Crippen LogP contribution is 2.28. The van der Waals surface area contributed by atoms with Gasteiger partial charge in [-0.05, 0) is 17.7 Å². The smallest absolute Gasteiger partial charge is 0.0676 e. The van der Waals surface area contributed by atoms with Gasteiger partial charge in [0.05, 0.1) is 12.0 Å². The molecule has 3 nitrogen and oxygen atoms in total. The molecule has 2 unspecified atom stereocenters. The maximum Gasteiger partial charge on any atom is 0.0676 e. The zero-order valence-electron chi connectivity index (χ0n) is 9.77. The molecular weight excluding hydrogens is 198 g/mol. The molecule has 0 bridgehead atoms. The molecule has 1 aliphatic rings.